The van der Waals surface area contributed by atoms with Crippen LogP contribution in [0.25, 0.3) is 27.1 Å². The van der Waals surface area contributed by atoms with Gasteiger partial charge in [-0.3, -0.25) is 5.84 Å². The quantitative estimate of drug-likeness (QED) is 0.242. The lowest BCUT2D eigenvalue weighted by Gasteiger charge is -2.26. The van der Waals surface area contributed by atoms with Gasteiger partial charge in [0.1, 0.15) is 0 Å². The number of aryl methyl sites for hydroxylation is 1. The summed E-state index contributed by atoms with van der Waals surface area (Å²) in [5, 5.41) is 13.2. The van der Waals surface area contributed by atoms with Crippen LogP contribution in [0.1, 0.15) is 40.7 Å². The highest BCUT2D eigenvalue weighted by atomic mass is 16.4. The van der Waals surface area contributed by atoms with Crippen molar-refractivity contribution in [2.75, 3.05) is 5.43 Å². The molecule has 4 heteroatoms. The summed E-state index contributed by atoms with van der Waals surface area (Å²) in [6.07, 6.45) is 9.33. The zero-order valence-electron chi connectivity index (χ0n) is 18.3. The van der Waals surface area contributed by atoms with E-state index in [2.05, 4.69) is 47.9 Å². The second-order valence-corrected chi connectivity index (χ2v) is 8.43. The topological polar surface area (TPSA) is 75.3 Å². The lowest BCUT2D eigenvalue weighted by Crippen LogP contribution is -2.11. The van der Waals surface area contributed by atoms with Crippen LogP contribution in [0, 0.1) is 0 Å². The fraction of sp³-hybridized carbons (Fsp3) is 0.138. The van der Waals surface area contributed by atoms with Crippen molar-refractivity contribution in [2.24, 2.45) is 5.84 Å². The van der Waals surface area contributed by atoms with Crippen LogP contribution in [-0.2, 0) is 6.42 Å². The van der Waals surface area contributed by atoms with Crippen molar-refractivity contribution in [1.82, 2.24) is 0 Å². The minimum absolute atomic E-state index is 0.359. The van der Waals surface area contributed by atoms with E-state index in [-0.39, 0.29) is 0 Å². The molecule has 0 atom stereocenters. The molecular weight excluding hydrogens is 408 g/mol. The molecule has 0 radical (unpaired) electrons. The zero-order chi connectivity index (χ0) is 22.8. The Morgan fingerprint density at radius 2 is 1.64 bits per heavy atom. The van der Waals surface area contributed by atoms with Crippen LogP contribution < -0.4 is 11.3 Å². The van der Waals surface area contributed by atoms with Crippen LogP contribution in [0.2, 0.25) is 0 Å². The fourth-order valence-corrected chi connectivity index (χ4v) is 5.03. The van der Waals surface area contributed by atoms with Gasteiger partial charge in [-0.05, 0) is 70.7 Å². The number of nitrogens with two attached hydrogens (primary N) is 1. The highest BCUT2D eigenvalue weighted by molar-refractivity contribution is 6.03. The number of nitrogens with one attached hydrogen (secondary N) is 1. The second-order valence-electron chi connectivity index (χ2n) is 8.43. The van der Waals surface area contributed by atoms with Gasteiger partial charge in [-0.25, -0.2) is 4.79 Å². The first-order valence-electron chi connectivity index (χ1n) is 11.3. The number of carbonyl (C=O) groups is 1. The smallest absolute Gasteiger partial charge is 0.336 e. The van der Waals surface area contributed by atoms with Crippen molar-refractivity contribution in [3.63, 3.8) is 0 Å². The Balaban J connectivity index is 0.000000152. The van der Waals surface area contributed by atoms with E-state index >= 15 is 0 Å². The molecule has 4 nitrogen and oxygen atoms in total. The van der Waals surface area contributed by atoms with Crippen LogP contribution in [0.4, 0.5) is 5.69 Å². The summed E-state index contributed by atoms with van der Waals surface area (Å²) in [5.41, 5.74) is 10.2. The predicted octanol–water partition coefficient (Wildman–Crippen LogP) is 6.71. The van der Waals surface area contributed by atoms with Crippen LogP contribution in [0.5, 0.6) is 0 Å². The second kappa shape index (κ2) is 8.93. The molecular formula is C29H26N2O2. The molecule has 6 rings (SSSR count). The molecule has 2 aliphatic rings. The number of hydrogen-bond acceptors (Lipinski definition) is 3. The Morgan fingerprint density at radius 3 is 2.48 bits per heavy atom. The minimum Gasteiger partial charge on any atom is -0.478 e. The number of aromatic carboxylic acids is 1. The average Bonchev–Trinajstić information content (AvgIpc) is 2.87. The maximum atomic E-state index is 10.8. The van der Waals surface area contributed by atoms with Crippen LogP contribution >= 0.6 is 0 Å². The van der Waals surface area contributed by atoms with Crippen LogP contribution in [0.3, 0.4) is 0 Å². The molecule has 0 aliphatic heterocycles. The van der Waals surface area contributed by atoms with Gasteiger partial charge >= 0.3 is 5.97 Å². The number of anilines is 1. The summed E-state index contributed by atoms with van der Waals surface area (Å²) in [7, 11) is 0. The summed E-state index contributed by atoms with van der Waals surface area (Å²) < 4.78 is 0. The molecule has 0 fully saturated rings. The van der Waals surface area contributed by atoms with Crippen molar-refractivity contribution < 1.29 is 9.90 Å². The Bertz CT molecular complexity index is 1430. The summed E-state index contributed by atoms with van der Waals surface area (Å²) in [6.45, 7) is 0. The van der Waals surface area contributed by atoms with E-state index in [9.17, 15) is 4.79 Å². The van der Waals surface area contributed by atoms with Crippen LogP contribution in [-0.4, -0.2) is 11.1 Å². The Labute approximate surface area is 193 Å². The van der Waals surface area contributed by atoms with E-state index in [0.29, 0.717) is 5.56 Å². The maximum Gasteiger partial charge on any atom is 0.336 e. The van der Waals surface area contributed by atoms with Gasteiger partial charge in [0, 0.05) is 5.39 Å². The van der Waals surface area contributed by atoms with E-state index in [1.807, 2.05) is 30.3 Å². The molecule has 2 aliphatic carbocycles. The molecule has 0 saturated carbocycles. The minimum atomic E-state index is -0.878. The number of carboxylic acids is 1. The molecule has 164 valence electrons. The third-order valence-corrected chi connectivity index (χ3v) is 6.57. The van der Waals surface area contributed by atoms with E-state index in [0.717, 1.165) is 22.9 Å². The first kappa shape index (κ1) is 21.0. The van der Waals surface area contributed by atoms with Crippen molar-refractivity contribution in [3.05, 3.63) is 107 Å². The third-order valence-electron chi connectivity index (χ3n) is 6.57. The number of benzene rings is 4. The maximum absolute atomic E-state index is 10.8. The SMILES string of the molecule is NNc1cccc2ccc3c(c12)CCC1=C3C=CCC1.O=C(O)c1cccc2ccccc12. The molecule has 4 N–H and O–H groups in total. The molecule has 0 unspecified atom stereocenters. The van der Waals surface area contributed by atoms with E-state index in [4.69, 9.17) is 10.9 Å². The van der Waals surface area contributed by atoms with Crippen LogP contribution in [0.15, 0.2) is 90.5 Å². The first-order valence-corrected chi connectivity index (χ1v) is 11.3. The molecule has 0 heterocycles. The fourth-order valence-electron chi connectivity index (χ4n) is 5.03. The van der Waals surface area contributed by atoms with Gasteiger partial charge in [0.25, 0.3) is 0 Å². The predicted molar refractivity (Wildman–Crippen MR) is 136 cm³/mol. The molecule has 4 aromatic carbocycles. The average molecular weight is 435 g/mol. The van der Waals surface area contributed by atoms with Crippen molar-refractivity contribution in [3.8, 4) is 0 Å². The van der Waals surface area contributed by atoms with Gasteiger partial charge in [-0.1, -0.05) is 78.4 Å². The zero-order valence-corrected chi connectivity index (χ0v) is 18.3. The Morgan fingerprint density at radius 1 is 0.848 bits per heavy atom. The number of allylic oxidation sites excluding steroid dienone is 4. The third kappa shape index (κ3) is 3.90. The number of fused-ring (bicyclic) bond motifs is 5. The van der Waals surface area contributed by atoms with Gasteiger partial charge in [0.05, 0.1) is 11.3 Å². The summed E-state index contributed by atoms with van der Waals surface area (Å²) in [5.74, 6) is 4.83. The molecule has 0 amide bonds. The molecule has 0 spiro atoms. The van der Waals surface area contributed by atoms with Gasteiger partial charge < -0.3 is 10.5 Å². The van der Waals surface area contributed by atoms with Gasteiger partial charge in [0.15, 0.2) is 0 Å². The number of nitrogen functional groups attached to an aromatic ring is 1. The molecule has 0 bridgehead atoms. The molecule has 0 saturated heterocycles. The van der Waals surface area contributed by atoms with Gasteiger partial charge in [-0.15, -0.1) is 0 Å². The van der Waals surface area contributed by atoms with E-state index in [1.54, 1.807) is 17.7 Å². The highest BCUT2D eigenvalue weighted by Crippen LogP contribution is 2.41. The summed E-state index contributed by atoms with van der Waals surface area (Å²) >= 11 is 0. The lowest BCUT2D eigenvalue weighted by molar-refractivity contribution is 0.0699. The Hall–Kier alpha value is -3.89. The normalized spacial score (nSPS) is 14.3. The number of hydrogen-bond donors (Lipinski definition) is 3. The largest absolute Gasteiger partial charge is 0.478 e. The monoisotopic (exact) mass is 434 g/mol. The first-order chi connectivity index (χ1) is 16.2. The Kier molecular flexibility index (Phi) is 5.68. The summed E-state index contributed by atoms with van der Waals surface area (Å²) in [4.78, 5) is 10.8. The van der Waals surface area contributed by atoms with Gasteiger partial charge in [0.2, 0.25) is 0 Å². The highest BCUT2D eigenvalue weighted by Gasteiger charge is 2.21. The lowest BCUT2D eigenvalue weighted by atomic mass is 9.79. The number of hydrazine groups is 1. The standard InChI is InChI=1S/C18H18N2.C11H8O2/c19-20-17-7-3-5-13-9-10-15-14-6-2-1-4-12(14)8-11-16(15)18(13)17;12-11(13)10-7-3-5-8-4-1-2-6-9(8)10/h2-3,5-7,9-10,20H,1,4,8,11,19H2;1-7H,(H,12,13). The molecule has 0 aromatic heterocycles. The van der Waals surface area contributed by atoms with Crippen molar-refractivity contribution in [1.29, 1.82) is 0 Å². The van der Waals surface area contributed by atoms with Crippen molar-refractivity contribution >= 4 is 38.8 Å². The molecule has 4 aromatic rings. The van der Waals surface area contributed by atoms with E-state index in [1.165, 1.54) is 46.7 Å². The van der Waals surface area contributed by atoms with E-state index < -0.39 is 5.97 Å². The van der Waals surface area contributed by atoms with Gasteiger partial charge in [-0.2, -0.15) is 0 Å². The number of carboxylic acid groups (broad SMARTS) is 1. The van der Waals surface area contributed by atoms with Crippen molar-refractivity contribution in [2.45, 2.75) is 25.7 Å². The molecule has 33 heavy (non-hydrogen) atoms. The summed E-state index contributed by atoms with van der Waals surface area (Å²) in [6, 6.07) is 23.5. The number of rotatable bonds is 2.